The summed E-state index contributed by atoms with van der Waals surface area (Å²) < 4.78 is 0. The molecule has 1 aliphatic carbocycles. The molecule has 0 radical (unpaired) electrons. The Bertz CT molecular complexity index is 342. The Balaban J connectivity index is 1.88. The zero-order valence-electron chi connectivity index (χ0n) is 13.3. The van der Waals surface area contributed by atoms with Crippen molar-refractivity contribution in [2.24, 2.45) is 10.4 Å². The normalized spacial score (nSPS) is 23.1. The number of aliphatic imine (C=N–C) groups is 1. The van der Waals surface area contributed by atoms with Crippen LogP contribution in [0.25, 0.3) is 0 Å². The van der Waals surface area contributed by atoms with Crippen LogP contribution in [0.3, 0.4) is 0 Å². The van der Waals surface area contributed by atoms with Crippen molar-refractivity contribution in [2.75, 3.05) is 40.8 Å². The van der Waals surface area contributed by atoms with Crippen LogP contribution in [-0.4, -0.2) is 62.1 Å². The van der Waals surface area contributed by atoms with E-state index in [0.29, 0.717) is 5.41 Å². The maximum absolute atomic E-state index is 4.47. The standard InChI is InChI=1S/C15H30N4/c1-14(2,18(4)5)11-17-13(16-3)19-10-9-15(12-19)7-6-8-15/h6-12H2,1-5H3,(H,16,17). The van der Waals surface area contributed by atoms with Crippen molar-refractivity contribution in [3.8, 4) is 0 Å². The quantitative estimate of drug-likeness (QED) is 0.624. The summed E-state index contributed by atoms with van der Waals surface area (Å²) in [6.07, 6.45) is 5.62. The second-order valence-corrected chi connectivity index (χ2v) is 7.13. The zero-order chi connectivity index (χ0) is 14.1. The molecule has 1 saturated carbocycles. The van der Waals surface area contributed by atoms with Gasteiger partial charge in [-0.3, -0.25) is 4.99 Å². The molecular weight excluding hydrogens is 236 g/mol. The fraction of sp³-hybridized carbons (Fsp3) is 0.933. The van der Waals surface area contributed by atoms with Crippen molar-refractivity contribution in [1.82, 2.24) is 15.1 Å². The van der Waals surface area contributed by atoms with Gasteiger partial charge in [-0.25, -0.2) is 0 Å². The van der Waals surface area contributed by atoms with E-state index in [9.17, 15) is 0 Å². The van der Waals surface area contributed by atoms with Crippen LogP contribution in [0.1, 0.15) is 39.5 Å². The van der Waals surface area contributed by atoms with E-state index in [-0.39, 0.29) is 5.54 Å². The first-order valence-corrected chi connectivity index (χ1v) is 7.52. The lowest BCUT2D eigenvalue weighted by Crippen LogP contribution is -2.51. The van der Waals surface area contributed by atoms with E-state index in [1.807, 2.05) is 7.05 Å². The van der Waals surface area contributed by atoms with Crippen LogP contribution < -0.4 is 5.32 Å². The maximum Gasteiger partial charge on any atom is 0.193 e. The second-order valence-electron chi connectivity index (χ2n) is 7.13. The largest absolute Gasteiger partial charge is 0.354 e. The first-order valence-electron chi connectivity index (χ1n) is 7.52. The molecule has 0 aromatic rings. The Labute approximate surface area is 118 Å². The van der Waals surface area contributed by atoms with E-state index in [0.717, 1.165) is 12.5 Å². The van der Waals surface area contributed by atoms with Crippen molar-refractivity contribution < 1.29 is 0 Å². The lowest BCUT2D eigenvalue weighted by Gasteiger charge is -2.38. The smallest absolute Gasteiger partial charge is 0.193 e. The summed E-state index contributed by atoms with van der Waals surface area (Å²) in [5.41, 5.74) is 0.776. The van der Waals surface area contributed by atoms with E-state index in [1.165, 1.54) is 38.8 Å². The summed E-state index contributed by atoms with van der Waals surface area (Å²) in [5, 5.41) is 3.55. The highest BCUT2D eigenvalue weighted by atomic mass is 15.3. The van der Waals surface area contributed by atoms with Crippen molar-refractivity contribution in [1.29, 1.82) is 0 Å². The molecule has 0 atom stereocenters. The molecule has 1 saturated heterocycles. The van der Waals surface area contributed by atoms with Gasteiger partial charge >= 0.3 is 0 Å². The lowest BCUT2D eigenvalue weighted by atomic mass is 9.68. The Morgan fingerprint density at radius 1 is 1.32 bits per heavy atom. The van der Waals surface area contributed by atoms with Gasteiger partial charge in [0.15, 0.2) is 5.96 Å². The predicted octanol–water partition coefficient (Wildman–Crippen LogP) is 1.78. The molecule has 4 nitrogen and oxygen atoms in total. The average molecular weight is 266 g/mol. The van der Waals surface area contributed by atoms with Crippen LogP contribution in [0.4, 0.5) is 0 Å². The molecule has 0 aromatic carbocycles. The topological polar surface area (TPSA) is 30.9 Å². The lowest BCUT2D eigenvalue weighted by molar-refractivity contribution is 0.151. The Hall–Kier alpha value is -0.770. The van der Waals surface area contributed by atoms with Gasteiger partial charge in [0.05, 0.1) is 0 Å². The number of rotatable bonds is 3. The zero-order valence-corrected chi connectivity index (χ0v) is 13.3. The predicted molar refractivity (Wildman–Crippen MR) is 81.6 cm³/mol. The average Bonchev–Trinajstić information content (AvgIpc) is 2.74. The molecule has 0 unspecified atom stereocenters. The molecule has 0 aromatic heterocycles. The van der Waals surface area contributed by atoms with E-state index < -0.39 is 0 Å². The minimum absolute atomic E-state index is 0.143. The number of hydrogen-bond donors (Lipinski definition) is 1. The highest BCUT2D eigenvalue weighted by Gasteiger charge is 2.43. The maximum atomic E-state index is 4.47. The van der Waals surface area contributed by atoms with E-state index >= 15 is 0 Å². The van der Waals surface area contributed by atoms with Gasteiger partial charge in [-0.1, -0.05) is 6.42 Å². The third-order valence-electron chi connectivity index (χ3n) is 5.25. The minimum Gasteiger partial charge on any atom is -0.354 e. The van der Waals surface area contributed by atoms with Gasteiger partial charge in [0.1, 0.15) is 0 Å². The summed E-state index contributed by atoms with van der Waals surface area (Å²) in [6, 6.07) is 0. The highest BCUT2D eigenvalue weighted by Crippen LogP contribution is 2.47. The highest BCUT2D eigenvalue weighted by molar-refractivity contribution is 5.80. The molecule has 1 N–H and O–H groups in total. The summed E-state index contributed by atoms with van der Waals surface area (Å²) in [4.78, 5) is 9.17. The number of likely N-dealkylation sites (tertiary alicyclic amines) is 1. The fourth-order valence-electron chi connectivity index (χ4n) is 2.99. The van der Waals surface area contributed by atoms with Crippen LogP contribution >= 0.6 is 0 Å². The summed E-state index contributed by atoms with van der Waals surface area (Å²) in [6.45, 7) is 7.81. The summed E-state index contributed by atoms with van der Waals surface area (Å²) >= 11 is 0. The van der Waals surface area contributed by atoms with E-state index in [1.54, 1.807) is 0 Å². The van der Waals surface area contributed by atoms with Gasteiger partial charge in [0.25, 0.3) is 0 Å². The minimum atomic E-state index is 0.143. The summed E-state index contributed by atoms with van der Waals surface area (Å²) in [5.74, 6) is 1.08. The van der Waals surface area contributed by atoms with Gasteiger partial charge in [-0.15, -0.1) is 0 Å². The van der Waals surface area contributed by atoms with Gasteiger partial charge in [-0.05, 0) is 52.6 Å². The van der Waals surface area contributed by atoms with Crippen molar-refractivity contribution in [3.05, 3.63) is 0 Å². The van der Waals surface area contributed by atoms with E-state index in [2.05, 4.69) is 48.1 Å². The van der Waals surface area contributed by atoms with E-state index in [4.69, 9.17) is 0 Å². The number of nitrogens with one attached hydrogen (secondary N) is 1. The number of guanidine groups is 1. The number of likely N-dealkylation sites (N-methyl/N-ethyl adjacent to an activating group) is 1. The monoisotopic (exact) mass is 266 g/mol. The van der Waals surface area contributed by atoms with Crippen LogP contribution in [0.15, 0.2) is 4.99 Å². The molecule has 2 aliphatic rings. The number of hydrogen-bond acceptors (Lipinski definition) is 2. The van der Waals surface area contributed by atoms with Gasteiger partial charge in [-0.2, -0.15) is 0 Å². The Morgan fingerprint density at radius 3 is 2.42 bits per heavy atom. The summed E-state index contributed by atoms with van der Waals surface area (Å²) in [7, 11) is 6.16. The Morgan fingerprint density at radius 2 is 2.00 bits per heavy atom. The van der Waals surface area contributed by atoms with Crippen molar-refractivity contribution in [3.63, 3.8) is 0 Å². The van der Waals surface area contributed by atoms with Crippen molar-refractivity contribution >= 4 is 5.96 Å². The fourth-order valence-corrected chi connectivity index (χ4v) is 2.99. The molecule has 1 aliphatic heterocycles. The van der Waals surface area contributed by atoms with Crippen LogP contribution in [0.2, 0.25) is 0 Å². The molecule has 1 spiro atoms. The van der Waals surface area contributed by atoms with Crippen molar-refractivity contribution in [2.45, 2.75) is 45.1 Å². The third-order valence-corrected chi connectivity index (χ3v) is 5.25. The molecular formula is C15H30N4. The molecule has 19 heavy (non-hydrogen) atoms. The molecule has 2 fully saturated rings. The first-order chi connectivity index (χ1) is 8.88. The van der Waals surface area contributed by atoms with Crippen LogP contribution in [0.5, 0.6) is 0 Å². The first kappa shape index (κ1) is 14.6. The van der Waals surface area contributed by atoms with Gasteiger partial charge < -0.3 is 15.1 Å². The molecule has 4 heteroatoms. The molecule has 0 bridgehead atoms. The van der Waals surface area contributed by atoms with Gasteiger partial charge in [0.2, 0.25) is 0 Å². The van der Waals surface area contributed by atoms with Crippen LogP contribution in [-0.2, 0) is 0 Å². The second kappa shape index (κ2) is 5.31. The molecule has 1 heterocycles. The Kier molecular flexibility index (Phi) is 4.09. The van der Waals surface area contributed by atoms with Gasteiger partial charge in [0, 0.05) is 32.2 Å². The number of nitrogens with zero attached hydrogens (tertiary/aromatic N) is 3. The molecule has 0 amide bonds. The van der Waals surface area contributed by atoms with Crippen LogP contribution in [0, 0.1) is 5.41 Å². The molecule has 110 valence electrons. The third kappa shape index (κ3) is 3.04. The SMILES string of the molecule is CN=C(NCC(C)(C)N(C)C)N1CCC2(CCC2)C1. The molecule has 2 rings (SSSR count).